The fraction of sp³-hybridized carbons (Fsp3) is 0.615. The highest BCUT2D eigenvalue weighted by atomic mass is 16.5. The van der Waals surface area contributed by atoms with Crippen LogP contribution in [0.1, 0.15) is 31.3 Å². The minimum absolute atomic E-state index is 0.101. The Balaban J connectivity index is 2.39. The number of carbonyl (C=O) groups is 1. The minimum Gasteiger partial charge on any atom is -0.463 e. The highest BCUT2D eigenvalue weighted by Crippen LogP contribution is 2.21. The van der Waals surface area contributed by atoms with Gasteiger partial charge in [-0.05, 0) is 32.4 Å². The standard InChI is InChI=1S/C13H21NO4/c1-10-6-7-11(18-10)13(2,16)9-14-12(15)5-4-8-17-3/h6-7,16H,4-5,8-9H2,1-3H3,(H,14,15). The lowest BCUT2D eigenvalue weighted by Gasteiger charge is -2.21. The van der Waals surface area contributed by atoms with E-state index in [1.54, 1.807) is 26.2 Å². The van der Waals surface area contributed by atoms with Crippen LogP contribution in [0.4, 0.5) is 0 Å². The molecule has 2 N–H and O–H groups in total. The molecule has 0 aliphatic heterocycles. The van der Waals surface area contributed by atoms with E-state index in [1.807, 2.05) is 6.92 Å². The van der Waals surface area contributed by atoms with Crippen LogP contribution in [0.15, 0.2) is 16.5 Å². The maximum absolute atomic E-state index is 11.5. The lowest BCUT2D eigenvalue weighted by molar-refractivity contribution is -0.122. The van der Waals surface area contributed by atoms with Crippen molar-refractivity contribution in [3.8, 4) is 0 Å². The number of hydrogen-bond donors (Lipinski definition) is 2. The van der Waals surface area contributed by atoms with E-state index in [-0.39, 0.29) is 12.5 Å². The third-order valence-electron chi connectivity index (χ3n) is 2.65. The zero-order chi connectivity index (χ0) is 13.6. The normalized spacial score (nSPS) is 14.2. The number of furan rings is 1. The smallest absolute Gasteiger partial charge is 0.220 e. The molecular weight excluding hydrogens is 234 g/mol. The lowest BCUT2D eigenvalue weighted by Crippen LogP contribution is -2.38. The molecule has 18 heavy (non-hydrogen) atoms. The van der Waals surface area contributed by atoms with Crippen LogP contribution in [0.25, 0.3) is 0 Å². The highest BCUT2D eigenvalue weighted by Gasteiger charge is 2.27. The summed E-state index contributed by atoms with van der Waals surface area (Å²) in [6, 6.07) is 3.50. The Kier molecular flexibility index (Phi) is 5.37. The maximum Gasteiger partial charge on any atom is 0.220 e. The summed E-state index contributed by atoms with van der Waals surface area (Å²) in [6.07, 6.45) is 1.06. The molecule has 1 aromatic rings. The summed E-state index contributed by atoms with van der Waals surface area (Å²) in [5, 5.41) is 12.9. The molecule has 1 heterocycles. The van der Waals surface area contributed by atoms with Crippen molar-refractivity contribution in [1.82, 2.24) is 5.32 Å². The molecule has 1 amide bonds. The number of hydrogen-bond acceptors (Lipinski definition) is 4. The minimum atomic E-state index is -1.19. The quantitative estimate of drug-likeness (QED) is 0.721. The fourth-order valence-electron chi connectivity index (χ4n) is 1.55. The van der Waals surface area contributed by atoms with E-state index in [2.05, 4.69) is 5.32 Å². The molecule has 0 aliphatic rings. The van der Waals surface area contributed by atoms with Gasteiger partial charge in [0, 0.05) is 20.1 Å². The van der Waals surface area contributed by atoms with Crippen molar-refractivity contribution in [3.05, 3.63) is 23.7 Å². The number of aliphatic hydroxyl groups is 1. The average Bonchev–Trinajstić information content (AvgIpc) is 2.75. The van der Waals surface area contributed by atoms with Gasteiger partial charge in [0.25, 0.3) is 0 Å². The van der Waals surface area contributed by atoms with Gasteiger partial charge in [-0.25, -0.2) is 0 Å². The van der Waals surface area contributed by atoms with Gasteiger partial charge in [-0.3, -0.25) is 4.79 Å². The summed E-state index contributed by atoms with van der Waals surface area (Å²) in [4.78, 5) is 11.5. The van der Waals surface area contributed by atoms with Crippen LogP contribution in [-0.4, -0.2) is 31.3 Å². The van der Waals surface area contributed by atoms with Gasteiger partial charge in [-0.1, -0.05) is 0 Å². The Morgan fingerprint density at radius 3 is 2.83 bits per heavy atom. The van der Waals surface area contributed by atoms with E-state index in [4.69, 9.17) is 9.15 Å². The largest absolute Gasteiger partial charge is 0.463 e. The molecule has 0 fully saturated rings. The second-order valence-electron chi connectivity index (χ2n) is 4.56. The molecule has 102 valence electrons. The number of aryl methyl sites for hydroxylation is 1. The second-order valence-corrected chi connectivity index (χ2v) is 4.56. The molecule has 1 rings (SSSR count). The Morgan fingerprint density at radius 1 is 1.56 bits per heavy atom. The molecule has 1 unspecified atom stereocenters. The Hall–Kier alpha value is -1.33. The first kappa shape index (κ1) is 14.7. The fourth-order valence-corrected chi connectivity index (χ4v) is 1.55. The summed E-state index contributed by atoms with van der Waals surface area (Å²) >= 11 is 0. The van der Waals surface area contributed by atoms with E-state index in [0.29, 0.717) is 25.2 Å². The van der Waals surface area contributed by atoms with Crippen LogP contribution in [-0.2, 0) is 15.1 Å². The summed E-state index contributed by atoms with van der Waals surface area (Å²) in [5.41, 5.74) is -1.19. The number of amides is 1. The summed E-state index contributed by atoms with van der Waals surface area (Å²) in [5.74, 6) is 1.09. The van der Waals surface area contributed by atoms with Crippen molar-refractivity contribution in [2.24, 2.45) is 0 Å². The SMILES string of the molecule is COCCCC(=O)NCC(C)(O)c1ccc(C)o1. The monoisotopic (exact) mass is 255 g/mol. The van der Waals surface area contributed by atoms with E-state index >= 15 is 0 Å². The molecule has 1 aromatic heterocycles. The van der Waals surface area contributed by atoms with Crippen LogP contribution >= 0.6 is 0 Å². The average molecular weight is 255 g/mol. The van der Waals surface area contributed by atoms with E-state index in [9.17, 15) is 9.90 Å². The van der Waals surface area contributed by atoms with Gasteiger partial charge in [0.15, 0.2) is 0 Å². The topological polar surface area (TPSA) is 71.7 Å². The van der Waals surface area contributed by atoms with Gasteiger partial charge in [0.1, 0.15) is 17.1 Å². The second kappa shape index (κ2) is 6.56. The zero-order valence-corrected chi connectivity index (χ0v) is 11.2. The van der Waals surface area contributed by atoms with Gasteiger partial charge < -0.3 is 19.6 Å². The van der Waals surface area contributed by atoms with Crippen molar-refractivity contribution in [2.75, 3.05) is 20.3 Å². The predicted molar refractivity (Wildman–Crippen MR) is 67.1 cm³/mol. The number of nitrogens with one attached hydrogen (secondary N) is 1. The molecule has 0 saturated carbocycles. The molecule has 5 nitrogen and oxygen atoms in total. The van der Waals surface area contributed by atoms with Crippen molar-refractivity contribution < 1.29 is 19.1 Å². The van der Waals surface area contributed by atoms with Gasteiger partial charge in [-0.2, -0.15) is 0 Å². The summed E-state index contributed by atoms with van der Waals surface area (Å²) < 4.78 is 10.2. The zero-order valence-electron chi connectivity index (χ0n) is 11.2. The first-order valence-electron chi connectivity index (χ1n) is 6.00. The number of ether oxygens (including phenoxy) is 1. The van der Waals surface area contributed by atoms with E-state index < -0.39 is 5.60 Å². The van der Waals surface area contributed by atoms with Crippen LogP contribution in [0.2, 0.25) is 0 Å². The van der Waals surface area contributed by atoms with E-state index in [0.717, 1.165) is 5.76 Å². The van der Waals surface area contributed by atoms with Crippen molar-refractivity contribution in [3.63, 3.8) is 0 Å². The molecule has 5 heteroatoms. The molecule has 1 atom stereocenters. The van der Waals surface area contributed by atoms with Gasteiger partial charge in [0.05, 0.1) is 6.54 Å². The Labute approximate surface area is 107 Å². The van der Waals surface area contributed by atoms with Crippen molar-refractivity contribution in [2.45, 2.75) is 32.3 Å². The molecule has 0 aromatic carbocycles. The number of carbonyl (C=O) groups excluding carboxylic acids is 1. The molecule has 0 bridgehead atoms. The first-order chi connectivity index (χ1) is 8.45. The van der Waals surface area contributed by atoms with Gasteiger partial charge in [-0.15, -0.1) is 0 Å². The molecule has 0 spiro atoms. The number of methoxy groups -OCH3 is 1. The van der Waals surface area contributed by atoms with Crippen LogP contribution in [0.5, 0.6) is 0 Å². The summed E-state index contributed by atoms with van der Waals surface area (Å²) in [6.45, 7) is 4.11. The van der Waals surface area contributed by atoms with Gasteiger partial charge >= 0.3 is 0 Å². The molecule has 0 saturated heterocycles. The molecule has 0 aliphatic carbocycles. The maximum atomic E-state index is 11.5. The third-order valence-corrected chi connectivity index (χ3v) is 2.65. The number of rotatable bonds is 7. The van der Waals surface area contributed by atoms with Crippen LogP contribution < -0.4 is 5.32 Å². The van der Waals surface area contributed by atoms with Crippen molar-refractivity contribution in [1.29, 1.82) is 0 Å². The third kappa shape index (κ3) is 4.50. The van der Waals surface area contributed by atoms with Crippen molar-refractivity contribution >= 4 is 5.91 Å². The first-order valence-corrected chi connectivity index (χ1v) is 6.00. The Morgan fingerprint density at radius 2 is 2.28 bits per heavy atom. The summed E-state index contributed by atoms with van der Waals surface area (Å²) in [7, 11) is 1.60. The van der Waals surface area contributed by atoms with E-state index in [1.165, 1.54) is 0 Å². The van der Waals surface area contributed by atoms with Gasteiger partial charge in [0.2, 0.25) is 5.91 Å². The van der Waals surface area contributed by atoms with Crippen LogP contribution in [0, 0.1) is 6.92 Å². The highest BCUT2D eigenvalue weighted by molar-refractivity contribution is 5.75. The molecule has 0 radical (unpaired) electrons. The lowest BCUT2D eigenvalue weighted by atomic mass is 10.0. The predicted octanol–water partition coefficient (Wildman–Crippen LogP) is 1.34. The molecular formula is C13H21NO4. The Bertz CT molecular complexity index is 384. The van der Waals surface area contributed by atoms with Crippen LogP contribution in [0.3, 0.4) is 0 Å².